The molecule has 0 spiro atoms. The number of piperidine rings is 1. The van der Waals surface area contributed by atoms with Crippen LogP contribution in [0.5, 0.6) is 0 Å². The molecule has 4 rings (SSSR count). The van der Waals surface area contributed by atoms with Gasteiger partial charge in [-0.1, -0.05) is 11.3 Å². The number of piperazine rings is 1. The maximum atomic E-state index is 13.6. The molecule has 2 fully saturated rings. The molecule has 0 radical (unpaired) electrons. The van der Waals surface area contributed by atoms with E-state index in [0.29, 0.717) is 45.1 Å². The SMILES string of the molecule is O=C(O)CN1CCN(c2ccc(NC(=O)c3sc(N4CCCCC4)nc3C(F)(F)F)cn2)CC1. The van der Waals surface area contributed by atoms with Crippen LogP contribution in [0.25, 0.3) is 0 Å². The van der Waals surface area contributed by atoms with Gasteiger partial charge in [0, 0.05) is 39.3 Å². The second kappa shape index (κ2) is 10.1. The number of carbonyl (C=O) groups excluding carboxylic acids is 1. The van der Waals surface area contributed by atoms with Crippen LogP contribution >= 0.6 is 11.3 Å². The zero-order chi connectivity index (χ0) is 24.3. The van der Waals surface area contributed by atoms with Crippen molar-refractivity contribution in [1.29, 1.82) is 0 Å². The molecule has 2 aliphatic heterocycles. The number of hydrogen-bond acceptors (Lipinski definition) is 8. The third-order valence-corrected chi connectivity index (χ3v) is 6.89. The molecule has 2 aromatic rings. The zero-order valence-corrected chi connectivity index (χ0v) is 19.2. The highest BCUT2D eigenvalue weighted by Gasteiger charge is 2.40. The lowest BCUT2D eigenvalue weighted by Gasteiger charge is -2.34. The van der Waals surface area contributed by atoms with Crippen molar-refractivity contribution in [1.82, 2.24) is 14.9 Å². The minimum absolute atomic E-state index is 0.0107. The average Bonchev–Trinajstić information content (AvgIpc) is 3.27. The van der Waals surface area contributed by atoms with Gasteiger partial charge in [-0.15, -0.1) is 0 Å². The summed E-state index contributed by atoms with van der Waals surface area (Å²) in [4.78, 5) is 36.8. The number of nitrogens with one attached hydrogen (secondary N) is 1. The van der Waals surface area contributed by atoms with E-state index in [0.717, 1.165) is 30.6 Å². The van der Waals surface area contributed by atoms with Gasteiger partial charge in [-0.25, -0.2) is 9.97 Å². The molecular weight excluding hydrogens is 473 g/mol. The van der Waals surface area contributed by atoms with Crippen LogP contribution in [0.1, 0.15) is 34.6 Å². The molecule has 0 aromatic carbocycles. The number of nitrogens with zero attached hydrogens (tertiary/aromatic N) is 5. The minimum atomic E-state index is -4.73. The fourth-order valence-corrected chi connectivity index (χ4v) is 5.07. The molecule has 9 nitrogen and oxygen atoms in total. The molecule has 2 N–H and O–H groups in total. The van der Waals surface area contributed by atoms with Crippen LogP contribution in [0.2, 0.25) is 0 Å². The fraction of sp³-hybridized carbons (Fsp3) is 0.524. The number of anilines is 3. The number of carboxylic acid groups (broad SMARTS) is 1. The first kappa shape index (κ1) is 24.2. The van der Waals surface area contributed by atoms with Crippen LogP contribution in [0.15, 0.2) is 18.3 Å². The third-order valence-electron chi connectivity index (χ3n) is 5.78. The number of aromatic nitrogens is 2. The number of pyridine rings is 1. The van der Waals surface area contributed by atoms with Crippen molar-refractivity contribution in [3.63, 3.8) is 0 Å². The molecule has 2 aromatic heterocycles. The van der Waals surface area contributed by atoms with Gasteiger partial charge in [0.1, 0.15) is 10.7 Å². The molecule has 4 heterocycles. The van der Waals surface area contributed by atoms with Gasteiger partial charge >= 0.3 is 12.1 Å². The molecule has 0 unspecified atom stereocenters. The normalized spacial score (nSPS) is 17.6. The van der Waals surface area contributed by atoms with E-state index in [1.54, 1.807) is 17.0 Å². The van der Waals surface area contributed by atoms with E-state index in [1.807, 2.05) is 9.80 Å². The van der Waals surface area contributed by atoms with Crippen molar-refractivity contribution in [3.05, 3.63) is 28.9 Å². The van der Waals surface area contributed by atoms with E-state index in [4.69, 9.17) is 5.11 Å². The summed E-state index contributed by atoms with van der Waals surface area (Å²) < 4.78 is 40.7. The predicted octanol–water partition coefficient (Wildman–Crippen LogP) is 3.01. The Morgan fingerprint density at radius 1 is 1.03 bits per heavy atom. The Kier molecular flexibility index (Phi) is 7.22. The smallest absolute Gasteiger partial charge is 0.435 e. The summed E-state index contributed by atoms with van der Waals surface area (Å²) >= 11 is 0.758. The summed E-state index contributed by atoms with van der Waals surface area (Å²) in [6.45, 7) is 3.60. The standard InChI is InChI=1S/C21H25F3N6O3S/c22-21(23,24)18-17(34-20(27-18)30-6-2-1-3-7-30)19(33)26-14-4-5-15(25-12-14)29-10-8-28(9-11-29)13-16(31)32/h4-5,12H,1-3,6-11,13H2,(H,26,33)(H,31,32). The van der Waals surface area contributed by atoms with Crippen molar-refractivity contribution in [3.8, 4) is 0 Å². The molecule has 0 bridgehead atoms. The number of hydrogen-bond donors (Lipinski definition) is 2. The number of halogens is 3. The van der Waals surface area contributed by atoms with E-state index in [1.165, 1.54) is 6.20 Å². The molecule has 1 amide bonds. The van der Waals surface area contributed by atoms with Gasteiger partial charge in [0.15, 0.2) is 10.8 Å². The lowest BCUT2D eigenvalue weighted by molar-refractivity contribution is -0.141. The van der Waals surface area contributed by atoms with Crippen LogP contribution in [0.3, 0.4) is 0 Å². The molecule has 0 atom stereocenters. The number of amides is 1. The Morgan fingerprint density at radius 2 is 1.74 bits per heavy atom. The number of rotatable bonds is 6. The molecule has 0 saturated carbocycles. The summed E-state index contributed by atoms with van der Waals surface area (Å²) in [6.07, 6.45) is -0.536. The predicted molar refractivity (Wildman–Crippen MR) is 122 cm³/mol. The quantitative estimate of drug-likeness (QED) is 0.627. The van der Waals surface area contributed by atoms with E-state index < -0.39 is 28.6 Å². The van der Waals surface area contributed by atoms with E-state index in [9.17, 15) is 22.8 Å². The fourth-order valence-electron chi connectivity index (χ4n) is 4.04. The Labute approximate surface area is 198 Å². The summed E-state index contributed by atoms with van der Waals surface area (Å²) in [7, 11) is 0. The topological polar surface area (TPSA) is 102 Å². The summed E-state index contributed by atoms with van der Waals surface area (Å²) in [6, 6.07) is 3.27. The number of thiazole rings is 1. The van der Waals surface area contributed by atoms with Gasteiger partial charge in [-0.2, -0.15) is 13.2 Å². The highest BCUT2D eigenvalue weighted by Crippen LogP contribution is 2.38. The second-order valence-corrected chi connectivity index (χ2v) is 9.21. The Balaban J connectivity index is 1.42. The molecule has 0 aliphatic carbocycles. The first-order valence-electron chi connectivity index (χ1n) is 11.0. The van der Waals surface area contributed by atoms with Crippen LogP contribution in [0.4, 0.5) is 29.8 Å². The summed E-state index contributed by atoms with van der Waals surface area (Å²) in [5.41, 5.74) is -0.890. The van der Waals surface area contributed by atoms with E-state index >= 15 is 0 Å². The number of aliphatic carboxylic acids is 1. The Hall–Kier alpha value is -2.93. The molecule has 13 heteroatoms. The number of carbonyl (C=O) groups is 2. The maximum Gasteiger partial charge on any atom is 0.435 e. The van der Waals surface area contributed by atoms with Crippen molar-refractivity contribution in [2.75, 3.05) is 60.9 Å². The number of alkyl halides is 3. The third kappa shape index (κ3) is 5.76. The van der Waals surface area contributed by atoms with Gasteiger partial charge in [0.05, 0.1) is 18.4 Å². The second-order valence-electron chi connectivity index (χ2n) is 8.24. The zero-order valence-electron chi connectivity index (χ0n) is 18.3. The largest absolute Gasteiger partial charge is 0.480 e. The first-order chi connectivity index (χ1) is 16.2. The van der Waals surface area contributed by atoms with Gasteiger partial charge in [-0.3, -0.25) is 14.5 Å². The molecule has 2 saturated heterocycles. The molecule has 2 aliphatic rings. The van der Waals surface area contributed by atoms with Gasteiger partial charge < -0.3 is 20.2 Å². The number of carboxylic acids is 1. The maximum absolute atomic E-state index is 13.6. The van der Waals surface area contributed by atoms with Crippen molar-refractivity contribution < 1.29 is 27.9 Å². The van der Waals surface area contributed by atoms with Crippen LogP contribution < -0.4 is 15.1 Å². The average molecular weight is 499 g/mol. The highest BCUT2D eigenvalue weighted by molar-refractivity contribution is 7.17. The van der Waals surface area contributed by atoms with E-state index in [-0.39, 0.29) is 17.4 Å². The van der Waals surface area contributed by atoms with Crippen LogP contribution in [-0.4, -0.2) is 77.7 Å². The lowest BCUT2D eigenvalue weighted by Crippen LogP contribution is -2.48. The lowest BCUT2D eigenvalue weighted by atomic mass is 10.1. The highest BCUT2D eigenvalue weighted by atomic mass is 32.1. The van der Waals surface area contributed by atoms with Gasteiger partial charge in [0.25, 0.3) is 5.91 Å². The summed E-state index contributed by atoms with van der Waals surface area (Å²) in [5, 5.41) is 11.6. The van der Waals surface area contributed by atoms with Crippen molar-refractivity contribution >= 4 is 39.9 Å². The monoisotopic (exact) mass is 498 g/mol. The molecule has 184 valence electrons. The van der Waals surface area contributed by atoms with Gasteiger partial charge in [0.2, 0.25) is 0 Å². The minimum Gasteiger partial charge on any atom is -0.480 e. The van der Waals surface area contributed by atoms with Crippen molar-refractivity contribution in [2.24, 2.45) is 0 Å². The molecule has 34 heavy (non-hydrogen) atoms. The molecular formula is C21H25F3N6O3S. The van der Waals surface area contributed by atoms with Crippen LogP contribution in [0, 0.1) is 0 Å². The Bertz CT molecular complexity index is 1020. The first-order valence-corrected chi connectivity index (χ1v) is 11.8. The van der Waals surface area contributed by atoms with Crippen LogP contribution in [-0.2, 0) is 11.0 Å². The van der Waals surface area contributed by atoms with Gasteiger partial charge in [-0.05, 0) is 31.4 Å². The Morgan fingerprint density at radius 3 is 2.32 bits per heavy atom. The summed E-state index contributed by atoms with van der Waals surface area (Å²) in [5.74, 6) is -1.09. The van der Waals surface area contributed by atoms with E-state index in [2.05, 4.69) is 15.3 Å². The van der Waals surface area contributed by atoms with Crippen molar-refractivity contribution in [2.45, 2.75) is 25.4 Å².